The smallest absolute Gasteiger partial charge is 0.331 e. The van der Waals surface area contributed by atoms with E-state index < -0.39 is 24.0 Å². The highest BCUT2D eigenvalue weighted by molar-refractivity contribution is 7.98. The average Bonchev–Trinajstić information content (AvgIpc) is 3.81. The van der Waals surface area contributed by atoms with Crippen LogP contribution in [-0.4, -0.2) is 57.1 Å². The molecular formula is C34H30ClN9O4S2. The number of hydrogen-bond donors (Lipinski definition) is 4. The molecule has 0 amide bonds. The number of halogens is 1. The minimum atomic E-state index is -0.946. The highest BCUT2D eigenvalue weighted by Crippen LogP contribution is 2.37. The third-order valence-electron chi connectivity index (χ3n) is 7.16. The quantitative estimate of drug-likeness (QED) is 0.0520. The maximum atomic E-state index is 12.6. The summed E-state index contributed by atoms with van der Waals surface area (Å²) in [5.74, 6) is -0.645. The van der Waals surface area contributed by atoms with Crippen LogP contribution >= 0.6 is 34.7 Å². The molecule has 0 aliphatic carbocycles. The molecule has 0 unspecified atom stereocenters. The molecule has 2 atom stereocenters. The zero-order valence-corrected chi connectivity index (χ0v) is 28.9. The Bertz CT molecular complexity index is 2040. The Hall–Kier alpha value is -5.29. The predicted octanol–water partition coefficient (Wildman–Crippen LogP) is 4.86. The van der Waals surface area contributed by atoms with Gasteiger partial charge in [-0.2, -0.15) is 10.5 Å². The number of hydrogen-bond acceptors (Lipinski definition) is 14. The van der Waals surface area contributed by atoms with Crippen LogP contribution in [0.4, 0.5) is 5.82 Å². The second-order valence-corrected chi connectivity index (χ2v) is 13.0. The zero-order chi connectivity index (χ0) is 35.6. The van der Waals surface area contributed by atoms with Crippen LogP contribution < -0.4 is 21.5 Å². The minimum absolute atomic E-state index is 0.0152. The van der Waals surface area contributed by atoms with Crippen LogP contribution in [0.1, 0.15) is 29.4 Å². The number of aromatic amines is 1. The van der Waals surface area contributed by atoms with Crippen LogP contribution in [0.2, 0.25) is 5.02 Å². The molecule has 5 rings (SSSR count). The normalized spacial score (nSPS) is 12.0. The molecule has 254 valence electrons. The molecule has 3 heterocycles. The van der Waals surface area contributed by atoms with E-state index in [1.807, 2.05) is 29.6 Å². The lowest BCUT2D eigenvalue weighted by molar-refractivity contribution is -0.161. The van der Waals surface area contributed by atoms with Gasteiger partial charge >= 0.3 is 11.9 Å². The number of thioether (sulfide) groups is 1. The molecule has 50 heavy (non-hydrogen) atoms. The molecule has 0 spiro atoms. The first-order valence-corrected chi connectivity index (χ1v) is 17.3. The lowest BCUT2D eigenvalue weighted by Crippen LogP contribution is -2.44. The number of nitrogens with two attached hydrogens (primary N) is 2. The molecule has 16 heteroatoms. The van der Waals surface area contributed by atoms with E-state index in [1.165, 1.54) is 36.3 Å². The fraction of sp³-hybridized carbons (Fsp3) is 0.206. The number of ether oxygens (including phenoxy) is 2. The number of nitrogen functional groups attached to an aromatic ring is 1. The summed E-state index contributed by atoms with van der Waals surface area (Å²) in [4.78, 5) is 40.5. The highest BCUT2D eigenvalue weighted by Gasteiger charge is 2.25. The van der Waals surface area contributed by atoms with Gasteiger partial charge in [0.2, 0.25) is 0 Å². The molecule has 6 N–H and O–H groups in total. The van der Waals surface area contributed by atoms with E-state index in [4.69, 9.17) is 37.5 Å². The van der Waals surface area contributed by atoms with Gasteiger partial charge in [0.05, 0.1) is 17.6 Å². The fourth-order valence-corrected chi connectivity index (χ4v) is 6.61. The second-order valence-electron chi connectivity index (χ2n) is 10.8. The Kier molecular flexibility index (Phi) is 12.2. The van der Waals surface area contributed by atoms with Crippen LogP contribution in [0.25, 0.3) is 21.7 Å². The molecule has 13 nitrogen and oxygen atoms in total. The van der Waals surface area contributed by atoms with Crippen molar-refractivity contribution in [1.29, 1.82) is 10.5 Å². The number of nitrogens with zero attached hydrogens (tertiary/aromatic N) is 5. The van der Waals surface area contributed by atoms with Crippen molar-refractivity contribution in [3.8, 4) is 39.6 Å². The molecule has 3 aromatic heterocycles. The van der Waals surface area contributed by atoms with Gasteiger partial charge in [-0.3, -0.25) is 0 Å². The molecule has 0 fully saturated rings. The maximum Gasteiger partial charge on any atom is 0.331 e. The number of nitrogens with one attached hydrogen (secondary N) is 2. The number of nitriles is 2. The van der Waals surface area contributed by atoms with Crippen molar-refractivity contribution >= 4 is 52.5 Å². The number of carbonyl (C=O) groups excluding carboxylic acids is 2. The first kappa shape index (κ1) is 36.0. The van der Waals surface area contributed by atoms with Gasteiger partial charge in [-0.1, -0.05) is 47.6 Å². The Balaban J connectivity index is 1.25. The van der Waals surface area contributed by atoms with Crippen LogP contribution in [0, 0.1) is 22.7 Å². The van der Waals surface area contributed by atoms with Gasteiger partial charge in [-0.05, 0) is 36.8 Å². The number of esters is 2. The van der Waals surface area contributed by atoms with E-state index in [0.29, 0.717) is 38.4 Å². The van der Waals surface area contributed by atoms with E-state index in [0.717, 1.165) is 16.3 Å². The lowest BCUT2D eigenvalue weighted by Gasteiger charge is -2.17. The number of rotatable bonds is 14. The third kappa shape index (κ3) is 9.03. The molecule has 0 aliphatic rings. The monoisotopic (exact) mass is 727 g/mol. The molecule has 0 bridgehead atoms. The number of thiazole rings is 1. The van der Waals surface area contributed by atoms with Crippen molar-refractivity contribution in [2.24, 2.45) is 5.73 Å². The summed E-state index contributed by atoms with van der Waals surface area (Å²) in [5.41, 5.74) is 15.5. The van der Waals surface area contributed by atoms with E-state index in [2.05, 4.69) is 32.4 Å². The summed E-state index contributed by atoms with van der Waals surface area (Å²) in [6.45, 7) is 1.83. The summed E-state index contributed by atoms with van der Waals surface area (Å²) < 4.78 is 10.8. The standard InChI is InChI=1S/C34H30ClN9O4S2/c1-19(38)33(45)48-34(46)28(12-23-15-40-18-42-23)41-10-11-47-25-8-4-20(5-9-25)29-26(13-36)30(39)44-32(27(29)14-37)50-17-24-16-49-31(43-24)21-2-6-22(35)7-3-21/h2-9,15-16,18-19,28,41H,10-12,17,38H2,1H3,(H2,39,44)(H,40,42)/t19-,28-/m0/s1. The Labute approximate surface area is 300 Å². The third-order valence-corrected chi connectivity index (χ3v) is 9.36. The van der Waals surface area contributed by atoms with Gasteiger partial charge in [-0.25, -0.2) is 24.5 Å². The van der Waals surface area contributed by atoms with E-state index in [1.54, 1.807) is 30.5 Å². The van der Waals surface area contributed by atoms with Gasteiger partial charge in [0, 0.05) is 52.1 Å². The molecule has 5 aromatic rings. The highest BCUT2D eigenvalue weighted by atomic mass is 35.5. The van der Waals surface area contributed by atoms with Gasteiger partial charge in [0.25, 0.3) is 0 Å². The number of anilines is 1. The largest absolute Gasteiger partial charge is 0.492 e. The molecule has 0 aliphatic heterocycles. The molecule has 2 aromatic carbocycles. The number of pyridine rings is 1. The number of imidazole rings is 1. The number of carbonyl (C=O) groups is 2. The van der Waals surface area contributed by atoms with Crippen molar-refractivity contribution in [2.45, 2.75) is 36.2 Å². The first-order chi connectivity index (χ1) is 24.2. The lowest BCUT2D eigenvalue weighted by atomic mass is 9.97. The van der Waals surface area contributed by atoms with Gasteiger partial charge in [-0.15, -0.1) is 11.3 Å². The van der Waals surface area contributed by atoms with Crippen LogP contribution in [0.3, 0.4) is 0 Å². The average molecular weight is 728 g/mol. The molecule has 0 saturated carbocycles. The zero-order valence-electron chi connectivity index (χ0n) is 26.6. The van der Waals surface area contributed by atoms with Gasteiger partial charge in [0.1, 0.15) is 58.0 Å². The van der Waals surface area contributed by atoms with E-state index in [9.17, 15) is 20.1 Å². The van der Waals surface area contributed by atoms with Crippen molar-refractivity contribution in [1.82, 2.24) is 25.3 Å². The van der Waals surface area contributed by atoms with E-state index in [-0.39, 0.29) is 36.5 Å². The van der Waals surface area contributed by atoms with E-state index >= 15 is 0 Å². The Morgan fingerprint density at radius 2 is 1.78 bits per heavy atom. The fourth-order valence-electron chi connectivity index (χ4n) is 4.67. The number of benzene rings is 2. The summed E-state index contributed by atoms with van der Waals surface area (Å²) in [7, 11) is 0. The minimum Gasteiger partial charge on any atom is -0.492 e. The van der Waals surface area contributed by atoms with Crippen molar-refractivity contribution < 1.29 is 19.1 Å². The predicted molar refractivity (Wildman–Crippen MR) is 190 cm³/mol. The topological polar surface area (TPSA) is 219 Å². The maximum absolute atomic E-state index is 12.6. The van der Waals surface area contributed by atoms with Crippen molar-refractivity contribution in [3.05, 3.63) is 94.0 Å². The summed E-state index contributed by atoms with van der Waals surface area (Å²) in [5, 5.41) is 27.0. The first-order valence-electron chi connectivity index (χ1n) is 15.1. The van der Waals surface area contributed by atoms with Gasteiger partial charge < -0.3 is 31.2 Å². The van der Waals surface area contributed by atoms with Crippen LogP contribution in [-0.2, 0) is 26.5 Å². The second kappa shape index (κ2) is 16.9. The summed E-state index contributed by atoms with van der Waals surface area (Å²) in [6, 6.07) is 16.8. The van der Waals surface area contributed by atoms with Crippen LogP contribution in [0.15, 0.2) is 71.5 Å². The number of H-pyrrole nitrogens is 1. The summed E-state index contributed by atoms with van der Waals surface area (Å²) in [6.07, 6.45) is 3.25. The Morgan fingerprint density at radius 1 is 1.06 bits per heavy atom. The summed E-state index contributed by atoms with van der Waals surface area (Å²) >= 11 is 8.82. The molecule has 0 saturated heterocycles. The number of aromatic nitrogens is 4. The van der Waals surface area contributed by atoms with Gasteiger partial charge in [0.15, 0.2) is 0 Å². The molecule has 0 radical (unpaired) electrons. The SMILES string of the molecule is C[C@H](N)C(=O)OC(=O)[C@H](Cc1cnc[nH]1)NCCOc1ccc(-c2c(C#N)c(N)nc(SCc3csc(-c4ccc(Cl)cc4)n3)c2C#N)cc1. The van der Waals surface area contributed by atoms with Crippen molar-refractivity contribution in [2.75, 3.05) is 18.9 Å². The molecular weight excluding hydrogens is 698 g/mol. The van der Waals surface area contributed by atoms with Crippen molar-refractivity contribution in [3.63, 3.8) is 0 Å². The Morgan fingerprint density at radius 3 is 2.44 bits per heavy atom. The van der Waals surface area contributed by atoms with Crippen LogP contribution in [0.5, 0.6) is 5.75 Å².